The van der Waals surface area contributed by atoms with Crippen LogP contribution in [0.3, 0.4) is 0 Å². The minimum atomic E-state index is -0.335. The summed E-state index contributed by atoms with van der Waals surface area (Å²) in [6, 6.07) is 8.35. The van der Waals surface area contributed by atoms with E-state index in [0.29, 0.717) is 5.41 Å². The van der Waals surface area contributed by atoms with Gasteiger partial charge in [-0.05, 0) is 36.0 Å². The zero-order valence-electron chi connectivity index (χ0n) is 13.2. The van der Waals surface area contributed by atoms with Crippen molar-refractivity contribution in [3.63, 3.8) is 0 Å². The Morgan fingerprint density at radius 3 is 2.30 bits per heavy atom. The second-order valence-corrected chi connectivity index (χ2v) is 6.69. The van der Waals surface area contributed by atoms with Gasteiger partial charge in [0.2, 0.25) is 0 Å². The van der Waals surface area contributed by atoms with Crippen LogP contribution in [-0.2, 0) is 0 Å². The highest BCUT2D eigenvalue weighted by atomic mass is 16.3. The summed E-state index contributed by atoms with van der Waals surface area (Å²) < 4.78 is 0. The molecule has 1 aliphatic heterocycles. The van der Waals surface area contributed by atoms with Crippen LogP contribution in [-0.4, -0.2) is 18.2 Å². The number of anilines is 1. The SMILES string of the molecule is CC[C@H](O)c1ccc(N2CC=C(C(C)(C)C)CC2)cc1. The molecule has 0 aliphatic carbocycles. The highest BCUT2D eigenvalue weighted by Crippen LogP contribution is 2.31. The van der Waals surface area contributed by atoms with Crippen molar-refractivity contribution in [1.29, 1.82) is 0 Å². The fourth-order valence-electron chi connectivity index (χ4n) is 2.73. The number of hydrogen-bond donors (Lipinski definition) is 1. The Hall–Kier alpha value is -1.28. The molecule has 0 spiro atoms. The van der Waals surface area contributed by atoms with Crippen molar-refractivity contribution in [1.82, 2.24) is 0 Å². The molecule has 20 heavy (non-hydrogen) atoms. The van der Waals surface area contributed by atoms with Crippen LogP contribution in [0.2, 0.25) is 0 Å². The van der Waals surface area contributed by atoms with E-state index in [2.05, 4.69) is 43.9 Å². The van der Waals surface area contributed by atoms with Gasteiger partial charge in [0.15, 0.2) is 0 Å². The van der Waals surface area contributed by atoms with Crippen molar-refractivity contribution < 1.29 is 5.11 Å². The average molecular weight is 273 g/mol. The summed E-state index contributed by atoms with van der Waals surface area (Å²) in [5.74, 6) is 0. The molecule has 1 heterocycles. The fraction of sp³-hybridized carbons (Fsp3) is 0.556. The fourth-order valence-corrected chi connectivity index (χ4v) is 2.73. The quantitative estimate of drug-likeness (QED) is 0.829. The molecule has 0 fully saturated rings. The van der Waals surface area contributed by atoms with Gasteiger partial charge in [-0.2, -0.15) is 0 Å². The van der Waals surface area contributed by atoms with Gasteiger partial charge >= 0.3 is 0 Å². The number of nitrogens with zero attached hydrogens (tertiary/aromatic N) is 1. The van der Waals surface area contributed by atoms with Crippen molar-refractivity contribution in [3.8, 4) is 0 Å². The number of aliphatic hydroxyl groups is 1. The average Bonchev–Trinajstić information content (AvgIpc) is 2.46. The van der Waals surface area contributed by atoms with Gasteiger partial charge in [0.25, 0.3) is 0 Å². The molecule has 110 valence electrons. The third-order valence-corrected chi connectivity index (χ3v) is 4.20. The summed E-state index contributed by atoms with van der Waals surface area (Å²) in [4.78, 5) is 2.40. The highest BCUT2D eigenvalue weighted by Gasteiger charge is 2.21. The Balaban J connectivity index is 2.06. The molecular weight excluding hydrogens is 246 g/mol. The summed E-state index contributed by atoms with van der Waals surface area (Å²) in [5.41, 5.74) is 4.12. The predicted molar refractivity (Wildman–Crippen MR) is 86.1 cm³/mol. The molecule has 0 aromatic heterocycles. The maximum atomic E-state index is 9.83. The molecule has 0 bridgehead atoms. The molecule has 2 heteroatoms. The second-order valence-electron chi connectivity index (χ2n) is 6.69. The maximum Gasteiger partial charge on any atom is 0.0787 e. The van der Waals surface area contributed by atoms with E-state index >= 15 is 0 Å². The van der Waals surface area contributed by atoms with E-state index in [1.165, 1.54) is 5.69 Å². The lowest BCUT2D eigenvalue weighted by Crippen LogP contribution is -2.31. The normalized spacial score (nSPS) is 17.9. The molecular formula is C18H27NO. The zero-order chi connectivity index (χ0) is 14.8. The van der Waals surface area contributed by atoms with Crippen LogP contribution >= 0.6 is 0 Å². The first-order chi connectivity index (χ1) is 9.41. The van der Waals surface area contributed by atoms with E-state index < -0.39 is 0 Å². The Kier molecular flexibility index (Phi) is 4.54. The molecule has 2 rings (SSSR count). The minimum absolute atomic E-state index is 0.293. The van der Waals surface area contributed by atoms with Gasteiger partial charge in [0, 0.05) is 18.8 Å². The van der Waals surface area contributed by atoms with E-state index in [0.717, 1.165) is 31.5 Å². The Morgan fingerprint density at radius 1 is 1.20 bits per heavy atom. The molecule has 0 saturated heterocycles. The smallest absolute Gasteiger partial charge is 0.0787 e. The first-order valence-electron chi connectivity index (χ1n) is 7.64. The van der Waals surface area contributed by atoms with E-state index in [1.807, 2.05) is 19.1 Å². The van der Waals surface area contributed by atoms with Gasteiger partial charge in [-0.15, -0.1) is 0 Å². The monoisotopic (exact) mass is 273 g/mol. The predicted octanol–water partition coefficient (Wildman–Crippen LogP) is 4.31. The van der Waals surface area contributed by atoms with Crippen LogP contribution in [0.5, 0.6) is 0 Å². The lowest BCUT2D eigenvalue weighted by atomic mass is 9.83. The van der Waals surface area contributed by atoms with Crippen LogP contribution in [0.15, 0.2) is 35.9 Å². The van der Waals surface area contributed by atoms with E-state index in [4.69, 9.17) is 0 Å². The first-order valence-corrected chi connectivity index (χ1v) is 7.64. The van der Waals surface area contributed by atoms with Crippen molar-refractivity contribution in [3.05, 3.63) is 41.5 Å². The third kappa shape index (κ3) is 3.43. The van der Waals surface area contributed by atoms with E-state index in [9.17, 15) is 5.11 Å². The molecule has 0 radical (unpaired) electrons. The minimum Gasteiger partial charge on any atom is -0.388 e. The molecule has 1 aromatic carbocycles. The van der Waals surface area contributed by atoms with Crippen LogP contribution in [0.1, 0.15) is 52.2 Å². The van der Waals surface area contributed by atoms with Crippen molar-refractivity contribution in [2.24, 2.45) is 5.41 Å². The van der Waals surface area contributed by atoms with Gasteiger partial charge in [-0.1, -0.05) is 51.5 Å². The van der Waals surface area contributed by atoms with Crippen molar-refractivity contribution in [2.45, 2.75) is 46.6 Å². The first kappa shape index (κ1) is 15.1. The zero-order valence-corrected chi connectivity index (χ0v) is 13.2. The van der Waals surface area contributed by atoms with Gasteiger partial charge in [0.05, 0.1) is 6.10 Å². The van der Waals surface area contributed by atoms with Crippen LogP contribution in [0, 0.1) is 5.41 Å². The van der Waals surface area contributed by atoms with Gasteiger partial charge in [0.1, 0.15) is 0 Å². The summed E-state index contributed by atoms with van der Waals surface area (Å²) in [7, 11) is 0. The molecule has 1 aromatic rings. The lowest BCUT2D eigenvalue weighted by Gasteiger charge is -2.33. The molecule has 1 atom stereocenters. The molecule has 2 nitrogen and oxygen atoms in total. The summed E-state index contributed by atoms with van der Waals surface area (Å²) in [6.45, 7) is 10.9. The Labute approximate surface area is 123 Å². The van der Waals surface area contributed by atoms with Crippen molar-refractivity contribution in [2.75, 3.05) is 18.0 Å². The summed E-state index contributed by atoms with van der Waals surface area (Å²) >= 11 is 0. The van der Waals surface area contributed by atoms with E-state index in [-0.39, 0.29) is 6.10 Å². The van der Waals surface area contributed by atoms with E-state index in [1.54, 1.807) is 5.57 Å². The van der Waals surface area contributed by atoms with Gasteiger partial charge in [-0.25, -0.2) is 0 Å². The number of hydrogen-bond acceptors (Lipinski definition) is 2. The Morgan fingerprint density at radius 2 is 1.85 bits per heavy atom. The summed E-state index contributed by atoms with van der Waals surface area (Å²) in [5, 5.41) is 9.83. The standard InChI is InChI=1S/C18H27NO/c1-5-17(20)14-6-8-16(9-7-14)19-12-10-15(11-13-19)18(2,3)4/h6-10,17,20H,5,11-13H2,1-4H3/t17-/m0/s1. The second kappa shape index (κ2) is 6.01. The molecule has 1 N–H and O–H groups in total. The maximum absolute atomic E-state index is 9.83. The number of aliphatic hydroxyl groups excluding tert-OH is 1. The molecule has 1 aliphatic rings. The largest absolute Gasteiger partial charge is 0.388 e. The topological polar surface area (TPSA) is 23.5 Å². The van der Waals surface area contributed by atoms with Crippen LogP contribution in [0.4, 0.5) is 5.69 Å². The van der Waals surface area contributed by atoms with Gasteiger partial charge in [-0.3, -0.25) is 0 Å². The summed E-state index contributed by atoms with van der Waals surface area (Å²) in [6.07, 6.45) is 3.94. The molecule has 0 amide bonds. The molecule has 0 saturated carbocycles. The van der Waals surface area contributed by atoms with Gasteiger partial charge < -0.3 is 10.0 Å². The molecule has 0 unspecified atom stereocenters. The number of rotatable bonds is 3. The van der Waals surface area contributed by atoms with Crippen LogP contribution < -0.4 is 4.90 Å². The highest BCUT2D eigenvalue weighted by molar-refractivity contribution is 5.49. The lowest BCUT2D eigenvalue weighted by molar-refractivity contribution is 0.173. The number of benzene rings is 1. The third-order valence-electron chi connectivity index (χ3n) is 4.20. The van der Waals surface area contributed by atoms with Crippen LogP contribution in [0.25, 0.3) is 0 Å². The Bertz CT molecular complexity index is 467. The van der Waals surface area contributed by atoms with Crippen molar-refractivity contribution >= 4 is 5.69 Å².